The molecule has 18 heavy (non-hydrogen) atoms. The molecule has 1 heterocycles. The second-order valence-corrected chi connectivity index (χ2v) is 4.85. The lowest BCUT2D eigenvalue weighted by Gasteiger charge is -2.16. The normalized spacial score (nSPS) is 25.9. The van der Waals surface area contributed by atoms with Gasteiger partial charge in [0.1, 0.15) is 6.61 Å². The largest absolute Gasteiger partial charge is 0.459 e. The second-order valence-electron chi connectivity index (χ2n) is 4.85. The van der Waals surface area contributed by atoms with Crippen LogP contribution in [0.25, 0.3) is 0 Å². The predicted molar refractivity (Wildman–Crippen MR) is 65.7 cm³/mol. The Labute approximate surface area is 107 Å². The molecule has 4 heteroatoms. The van der Waals surface area contributed by atoms with E-state index in [1.165, 1.54) is 0 Å². The summed E-state index contributed by atoms with van der Waals surface area (Å²) in [5.74, 6) is -1.10. The third-order valence-corrected chi connectivity index (χ3v) is 2.76. The molecule has 2 atom stereocenters. The van der Waals surface area contributed by atoms with Crippen molar-refractivity contribution >= 4 is 5.97 Å². The topological polar surface area (TPSA) is 44.8 Å². The standard InChI is InChI=1S/C14H18O4/c1-10-12(18-14(2,3)17-10)13(15)16-9-11-7-5-4-6-8-11/h4-8,10,12H,9H2,1-3H3/t10-,12+/m0/s1. The van der Waals surface area contributed by atoms with Gasteiger partial charge in [-0.25, -0.2) is 4.79 Å². The SMILES string of the molecule is C[C@@H]1OC(C)(C)O[C@H]1C(=O)OCc1ccccc1. The summed E-state index contributed by atoms with van der Waals surface area (Å²) in [6.07, 6.45) is -0.938. The lowest BCUT2D eigenvalue weighted by Crippen LogP contribution is -2.31. The van der Waals surface area contributed by atoms with Crippen LogP contribution in [0.5, 0.6) is 0 Å². The molecule has 0 radical (unpaired) electrons. The quantitative estimate of drug-likeness (QED) is 0.772. The molecule has 1 aliphatic rings. The van der Waals surface area contributed by atoms with E-state index >= 15 is 0 Å². The molecule has 98 valence electrons. The van der Waals surface area contributed by atoms with Gasteiger partial charge in [0.25, 0.3) is 0 Å². The van der Waals surface area contributed by atoms with E-state index in [1.807, 2.05) is 37.3 Å². The van der Waals surface area contributed by atoms with Crippen LogP contribution >= 0.6 is 0 Å². The number of carbonyl (C=O) groups excluding carboxylic acids is 1. The van der Waals surface area contributed by atoms with Crippen LogP contribution in [0.2, 0.25) is 0 Å². The molecule has 1 aliphatic heterocycles. The van der Waals surface area contributed by atoms with Gasteiger partial charge in [-0.05, 0) is 26.3 Å². The molecule has 0 aliphatic carbocycles. The van der Waals surface area contributed by atoms with Gasteiger partial charge in [0.15, 0.2) is 11.9 Å². The fraction of sp³-hybridized carbons (Fsp3) is 0.500. The molecule has 1 saturated heterocycles. The van der Waals surface area contributed by atoms with Gasteiger partial charge in [-0.1, -0.05) is 30.3 Å². The van der Waals surface area contributed by atoms with Crippen molar-refractivity contribution in [2.45, 2.75) is 45.4 Å². The number of hydrogen-bond acceptors (Lipinski definition) is 4. The Morgan fingerprint density at radius 2 is 1.94 bits per heavy atom. The van der Waals surface area contributed by atoms with Gasteiger partial charge in [0.05, 0.1) is 6.10 Å². The van der Waals surface area contributed by atoms with E-state index in [4.69, 9.17) is 14.2 Å². The number of esters is 1. The number of benzene rings is 1. The van der Waals surface area contributed by atoms with Crippen molar-refractivity contribution in [2.24, 2.45) is 0 Å². The summed E-state index contributed by atoms with van der Waals surface area (Å²) in [6, 6.07) is 9.55. The van der Waals surface area contributed by atoms with Crippen LogP contribution in [0.3, 0.4) is 0 Å². The highest BCUT2D eigenvalue weighted by atomic mass is 16.8. The zero-order valence-electron chi connectivity index (χ0n) is 10.9. The van der Waals surface area contributed by atoms with E-state index in [0.717, 1.165) is 5.56 Å². The number of hydrogen-bond donors (Lipinski definition) is 0. The van der Waals surface area contributed by atoms with Crippen molar-refractivity contribution in [2.75, 3.05) is 0 Å². The zero-order valence-corrected chi connectivity index (χ0v) is 10.9. The van der Waals surface area contributed by atoms with Crippen molar-refractivity contribution in [3.8, 4) is 0 Å². The van der Waals surface area contributed by atoms with E-state index in [2.05, 4.69) is 0 Å². The highest BCUT2D eigenvalue weighted by Gasteiger charge is 2.43. The minimum absolute atomic E-state index is 0.257. The highest BCUT2D eigenvalue weighted by molar-refractivity contribution is 5.75. The Morgan fingerprint density at radius 1 is 1.28 bits per heavy atom. The first-order valence-electron chi connectivity index (χ1n) is 6.04. The van der Waals surface area contributed by atoms with Crippen molar-refractivity contribution in [1.82, 2.24) is 0 Å². The molecule has 0 unspecified atom stereocenters. The van der Waals surface area contributed by atoms with Crippen molar-refractivity contribution in [3.63, 3.8) is 0 Å². The molecular weight excluding hydrogens is 232 g/mol. The summed E-state index contributed by atoms with van der Waals surface area (Å²) in [5.41, 5.74) is 0.955. The van der Waals surface area contributed by atoms with E-state index in [0.29, 0.717) is 0 Å². The molecule has 0 N–H and O–H groups in total. The van der Waals surface area contributed by atoms with Crippen molar-refractivity contribution in [3.05, 3.63) is 35.9 Å². The number of rotatable bonds is 3. The predicted octanol–water partition coefficient (Wildman–Crippen LogP) is 2.27. The Balaban J connectivity index is 1.89. The molecule has 1 fully saturated rings. The first kappa shape index (κ1) is 13.1. The van der Waals surface area contributed by atoms with E-state index < -0.39 is 11.9 Å². The number of carbonyl (C=O) groups is 1. The molecule has 0 saturated carbocycles. The van der Waals surface area contributed by atoms with Crippen LogP contribution in [0, 0.1) is 0 Å². The first-order chi connectivity index (χ1) is 8.48. The van der Waals surface area contributed by atoms with Crippen LogP contribution in [0.1, 0.15) is 26.3 Å². The minimum Gasteiger partial charge on any atom is -0.459 e. The van der Waals surface area contributed by atoms with Crippen LogP contribution < -0.4 is 0 Å². The van der Waals surface area contributed by atoms with Crippen LogP contribution in [0.4, 0.5) is 0 Å². The third kappa shape index (κ3) is 3.09. The molecule has 0 aromatic heterocycles. The Morgan fingerprint density at radius 3 is 2.50 bits per heavy atom. The highest BCUT2D eigenvalue weighted by Crippen LogP contribution is 2.28. The van der Waals surface area contributed by atoms with Gasteiger partial charge >= 0.3 is 5.97 Å². The summed E-state index contributed by atoms with van der Waals surface area (Å²) < 4.78 is 16.3. The fourth-order valence-corrected chi connectivity index (χ4v) is 1.99. The summed E-state index contributed by atoms with van der Waals surface area (Å²) in [7, 11) is 0. The molecule has 2 rings (SSSR count). The summed E-state index contributed by atoms with van der Waals surface area (Å²) >= 11 is 0. The van der Waals surface area contributed by atoms with Crippen LogP contribution in [-0.4, -0.2) is 24.0 Å². The van der Waals surface area contributed by atoms with Crippen molar-refractivity contribution < 1.29 is 19.0 Å². The smallest absolute Gasteiger partial charge is 0.338 e. The lowest BCUT2D eigenvalue weighted by molar-refractivity contribution is -0.171. The number of ether oxygens (including phenoxy) is 3. The maximum Gasteiger partial charge on any atom is 0.338 e. The maximum atomic E-state index is 11.9. The second kappa shape index (κ2) is 5.08. The molecule has 4 nitrogen and oxygen atoms in total. The fourth-order valence-electron chi connectivity index (χ4n) is 1.99. The third-order valence-electron chi connectivity index (χ3n) is 2.76. The van der Waals surface area contributed by atoms with Gasteiger partial charge in [0.2, 0.25) is 0 Å². The van der Waals surface area contributed by atoms with E-state index in [1.54, 1.807) is 13.8 Å². The summed E-state index contributed by atoms with van der Waals surface area (Å²) in [6.45, 7) is 5.64. The molecule has 1 aromatic rings. The van der Waals surface area contributed by atoms with Gasteiger partial charge in [-0.3, -0.25) is 0 Å². The van der Waals surface area contributed by atoms with Gasteiger partial charge in [0, 0.05) is 0 Å². The van der Waals surface area contributed by atoms with Crippen LogP contribution in [0.15, 0.2) is 30.3 Å². The van der Waals surface area contributed by atoms with E-state index in [9.17, 15) is 4.79 Å². The van der Waals surface area contributed by atoms with Crippen LogP contribution in [-0.2, 0) is 25.6 Å². The minimum atomic E-state index is -0.726. The van der Waals surface area contributed by atoms with Crippen molar-refractivity contribution in [1.29, 1.82) is 0 Å². The van der Waals surface area contributed by atoms with Gasteiger partial charge in [-0.2, -0.15) is 0 Å². The molecule has 1 aromatic carbocycles. The van der Waals surface area contributed by atoms with Gasteiger partial charge in [-0.15, -0.1) is 0 Å². The summed E-state index contributed by atoms with van der Waals surface area (Å²) in [4.78, 5) is 11.9. The molecule has 0 bridgehead atoms. The zero-order chi connectivity index (χ0) is 13.2. The maximum absolute atomic E-state index is 11.9. The average molecular weight is 250 g/mol. The average Bonchev–Trinajstić information content (AvgIpc) is 2.61. The lowest BCUT2D eigenvalue weighted by atomic mass is 10.2. The molecule has 0 spiro atoms. The van der Waals surface area contributed by atoms with Gasteiger partial charge < -0.3 is 14.2 Å². The Kier molecular flexibility index (Phi) is 3.68. The monoisotopic (exact) mass is 250 g/mol. The van der Waals surface area contributed by atoms with E-state index in [-0.39, 0.29) is 18.7 Å². The summed E-state index contributed by atoms with van der Waals surface area (Å²) in [5, 5.41) is 0. The first-order valence-corrected chi connectivity index (χ1v) is 6.04. The Bertz CT molecular complexity index is 413. The molecular formula is C14H18O4. The molecule has 0 amide bonds. The Hall–Kier alpha value is -1.39.